The number of urea groups is 1. The number of anilines is 1. The Bertz CT molecular complexity index is 466. The summed E-state index contributed by atoms with van der Waals surface area (Å²) in [5, 5.41) is 5.86. The minimum atomic E-state index is -0.428. The van der Waals surface area contributed by atoms with Crippen LogP contribution in [-0.2, 0) is 9.53 Å². The van der Waals surface area contributed by atoms with Gasteiger partial charge in [-0.3, -0.25) is 4.79 Å². The van der Waals surface area contributed by atoms with Crippen molar-refractivity contribution in [1.29, 1.82) is 0 Å². The Morgan fingerprint density at radius 2 is 2.00 bits per heavy atom. The third-order valence-electron chi connectivity index (χ3n) is 2.10. The van der Waals surface area contributed by atoms with Gasteiger partial charge in [-0.05, 0) is 25.1 Å². The summed E-state index contributed by atoms with van der Waals surface area (Å²) in [5.41, 5.74) is 0.517. The second-order valence-corrected chi connectivity index (χ2v) is 4.38. The highest BCUT2D eigenvalue weighted by Gasteiger charge is 2.06. The highest BCUT2D eigenvalue weighted by molar-refractivity contribution is 6.42. The Morgan fingerprint density at radius 1 is 1.26 bits per heavy atom. The molecule has 0 aliphatic rings. The third-order valence-corrected chi connectivity index (χ3v) is 2.84. The molecule has 2 N–H and O–H groups in total. The number of amides is 2. The van der Waals surface area contributed by atoms with Gasteiger partial charge < -0.3 is 15.4 Å². The van der Waals surface area contributed by atoms with Crippen molar-refractivity contribution in [2.24, 2.45) is 0 Å². The maximum Gasteiger partial charge on any atom is 0.319 e. The number of rotatable bonds is 5. The summed E-state index contributed by atoms with van der Waals surface area (Å²) in [6, 6.07) is 4.31. The van der Waals surface area contributed by atoms with E-state index in [4.69, 9.17) is 27.9 Å². The van der Waals surface area contributed by atoms with Gasteiger partial charge in [-0.1, -0.05) is 23.2 Å². The molecular formula is C12H14Cl2N2O3. The van der Waals surface area contributed by atoms with Crippen LogP contribution in [0.5, 0.6) is 0 Å². The van der Waals surface area contributed by atoms with Crippen molar-refractivity contribution in [2.45, 2.75) is 13.3 Å². The van der Waals surface area contributed by atoms with E-state index in [1.807, 2.05) is 0 Å². The van der Waals surface area contributed by atoms with Crippen molar-refractivity contribution in [3.8, 4) is 0 Å². The van der Waals surface area contributed by atoms with E-state index in [0.29, 0.717) is 22.3 Å². The smallest absolute Gasteiger partial charge is 0.319 e. The summed E-state index contributed by atoms with van der Waals surface area (Å²) in [6.07, 6.45) is 0.128. The molecule has 0 saturated heterocycles. The van der Waals surface area contributed by atoms with Crippen LogP contribution in [0.4, 0.5) is 10.5 Å². The molecule has 2 amide bonds. The van der Waals surface area contributed by atoms with Crippen LogP contribution in [0.25, 0.3) is 0 Å². The minimum Gasteiger partial charge on any atom is -0.466 e. The quantitative estimate of drug-likeness (QED) is 0.822. The number of benzene rings is 1. The van der Waals surface area contributed by atoms with Crippen molar-refractivity contribution in [1.82, 2.24) is 5.32 Å². The molecule has 0 fully saturated rings. The fourth-order valence-electron chi connectivity index (χ4n) is 1.26. The lowest BCUT2D eigenvalue weighted by atomic mass is 10.3. The molecule has 0 unspecified atom stereocenters. The van der Waals surface area contributed by atoms with Crippen LogP contribution >= 0.6 is 23.2 Å². The van der Waals surface area contributed by atoms with Crippen molar-refractivity contribution >= 4 is 40.9 Å². The number of ether oxygens (including phenoxy) is 1. The van der Waals surface area contributed by atoms with Gasteiger partial charge in [0.15, 0.2) is 0 Å². The number of esters is 1. The van der Waals surface area contributed by atoms with E-state index in [1.165, 1.54) is 6.07 Å². The Kier molecular flexibility index (Phi) is 6.45. The summed E-state index contributed by atoms with van der Waals surface area (Å²) in [7, 11) is 0. The molecule has 0 radical (unpaired) electrons. The summed E-state index contributed by atoms with van der Waals surface area (Å²) in [4.78, 5) is 22.5. The third kappa shape index (κ3) is 5.81. The summed E-state index contributed by atoms with van der Waals surface area (Å²) < 4.78 is 4.73. The Morgan fingerprint density at radius 3 is 2.63 bits per heavy atom. The molecule has 0 spiro atoms. The molecule has 1 aromatic rings. The fraction of sp³-hybridized carbons (Fsp3) is 0.333. The van der Waals surface area contributed by atoms with Gasteiger partial charge >= 0.3 is 12.0 Å². The number of carbonyl (C=O) groups excluding carboxylic acids is 2. The average molecular weight is 305 g/mol. The minimum absolute atomic E-state index is 0.128. The fourth-order valence-corrected chi connectivity index (χ4v) is 1.56. The summed E-state index contributed by atoms with van der Waals surface area (Å²) in [5.74, 6) is -0.350. The SMILES string of the molecule is CCOC(=O)CCNC(=O)Nc1ccc(Cl)c(Cl)c1. The number of hydrogen-bond acceptors (Lipinski definition) is 3. The Balaban J connectivity index is 2.35. The maximum atomic E-state index is 11.5. The second-order valence-electron chi connectivity index (χ2n) is 3.56. The predicted molar refractivity (Wildman–Crippen MR) is 74.7 cm³/mol. The first kappa shape index (κ1) is 15.6. The Hall–Kier alpha value is -1.46. The lowest BCUT2D eigenvalue weighted by Crippen LogP contribution is -2.30. The van der Waals surface area contributed by atoms with Crippen LogP contribution in [0.3, 0.4) is 0 Å². The van der Waals surface area contributed by atoms with E-state index in [9.17, 15) is 9.59 Å². The van der Waals surface area contributed by atoms with Gasteiger partial charge in [0.25, 0.3) is 0 Å². The molecule has 0 atom stereocenters. The second kappa shape index (κ2) is 7.86. The average Bonchev–Trinajstić information content (AvgIpc) is 2.34. The zero-order valence-corrected chi connectivity index (χ0v) is 11.8. The molecule has 0 saturated carbocycles. The van der Waals surface area contributed by atoms with E-state index in [-0.39, 0.29) is 18.9 Å². The molecule has 7 heteroatoms. The van der Waals surface area contributed by atoms with Gasteiger partial charge in [0.2, 0.25) is 0 Å². The lowest BCUT2D eigenvalue weighted by Gasteiger charge is -2.08. The highest BCUT2D eigenvalue weighted by atomic mass is 35.5. The molecule has 0 aliphatic heterocycles. The number of halogens is 2. The summed E-state index contributed by atoms with van der Waals surface area (Å²) in [6.45, 7) is 2.25. The van der Waals surface area contributed by atoms with E-state index >= 15 is 0 Å². The van der Waals surface area contributed by atoms with Crippen LogP contribution in [0.2, 0.25) is 10.0 Å². The predicted octanol–water partition coefficient (Wildman–Crippen LogP) is 3.07. The Labute approximate surface area is 121 Å². The molecule has 5 nitrogen and oxygen atoms in total. The number of carbonyl (C=O) groups is 2. The highest BCUT2D eigenvalue weighted by Crippen LogP contribution is 2.24. The first-order valence-corrected chi connectivity index (χ1v) is 6.44. The van der Waals surface area contributed by atoms with E-state index in [1.54, 1.807) is 19.1 Å². The zero-order chi connectivity index (χ0) is 14.3. The molecule has 1 rings (SSSR count). The van der Waals surface area contributed by atoms with Gasteiger partial charge in [-0.25, -0.2) is 4.79 Å². The normalized spacial score (nSPS) is 9.84. The molecule has 1 aromatic carbocycles. The van der Waals surface area contributed by atoms with Crippen LogP contribution in [-0.4, -0.2) is 25.2 Å². The largest absolute Gasteiger partial charge is 0.466 e. The molecule has 104 valence electrons. The van der Waals surface area contributed by atoms with Crippen LogP contribution in [0.1, 0.15) is 13.3 Å². The van der Waals surface area contributed by atoms with Gasteiger partial charge in [-0.2, -0.15) is 0 Å². The number of hydrogen-bond donors (Lipinski definition) is 2. The van der Waals surface area contributed by atoms with Crippen LogP contribution in [0.15, 0.2) is 18.2 Å². The first-order valence-electron chi connectivity index (χ1n) is 5.68. The van der Waals surface area contributed by atoms with E-state index < -0.39 is 6.03 Å². The van der Waals surface area contributed by atoms with Gasteiger partial charge in [0.05, 0.1) is 23.1 Å². The summed E-state index contributed by atoms with van der Waals surface area (Å²) >= 11 is 11.6. The van der Waals surface area contributed by atoms with E-state index in [2.05, 4.69) is 10.6 Å². The molecule has 0 heterocycles. The van der Waals surface area contributed by atoms with Crippen LogP contribution in [0, 0.1) is 0 Å². The van der Waals surface area contributed by atoms with Crippen molar-refractivity contribution in [2.75, 3.05) is 18.5 Å². The molecule has 0 bridgehead atoms. The van der Waals surface area contributed by atoms with Crippen molar-refractivity contribution in [3.63, 3.8) is 0 Å². The van der Waals surface area contributed by atoms with Gasteiger partial charge in [0, 0.05) is 12.2 Å². The standard InChI is InChI=1S/C12H14Cl2N2O3/c1-2-19-11(17)5-6-15-12(18)16-8-3-4-9(13)10(14)7-8/h3-4,7H,2,5-6H2,1H3,(H2,15,16,18). The monoisotopic (exact) mass is 304 g/mol. The number of nitrogens with one attached hydrogen (secondary N) is 2. The van der Waals surface area contributed by atoms with E-state index in [0.717, 1.165) is 0 Å². The van der Waals surface area contributed by atoms with Gasteiger partial charge in [-0.15, -0.1) is 0 Å². The first-order chi connectivity index (χ1) is 9.02. The zero-order valence-electron chi connectivity index (χ0n) is 10.3. The topological polar surface area (TPSA) is 67.4 Å². The molecule has 0 aromatic heterocycles. The molecule has 19 heavy (non-hydrogen) atoms. The molecule has 0 aliphatic carbocycles. The van der Waals surface area contributed by atoms with Crippen LogP contribution < -0.4 is 10.6 Å². The lowest BCUT2D eigenvalue weighted by molar-refractivity contribution is -0.142. The maximum absolute atomic E-state index is 11.5. The molecular weight excluding hydrogens is 291 g/mol. The van der Waals surface area contributed by atoms with Crippen molar-refractivity contribution in [3.05, 3.63) is 28.2 Å². The van der Waals surface area contributed by atoms with Crippen molar-refractivity contribution < 1.29 is 14.3 Å². The van der Waals surface area contributed by atoms with Gasteiger partial charge in [0.1, 0.15) is 0 Å².